The van der Waals surface area contributed by atoms with Crippen LogP contribution in [0.2, 0.25) is 0 Å². The largest absolute Gasteiger partial charge is 0.502 e. The van der Waals surface area contributed by atoms with Gasteiger partial charge >= 0.3 is 5.69 Å². The van der Waals surface area contributed by atoms with Crippen molar-refractivity contribution in [3.8, 4) is 5.75 Å². The highest BCUT2D eigenvalue weighted by molar-refractivity contribution is 6.03. The van der Waals surface area contributed by atoms with Crippen molar-refractivity contribution in [2.75, 3.05) is 0 Å². The quantitative estimate of drug-likeness (QED) is 0.514. The van der Waals surface area contributed by atoms with Crippen LogP contribution in [0, 0.1) is 17.0 Å². The summed E-state index contributed by atoms with van der Waals surface area (Å²) in [5.74, 6) is -0.891. The number of phenols is 1. The number of rotatable bonds is 4. The van der Waals surface area contributed by atoms with Crippen molar-refractivity contribution >= 4 is 17.3 Å². The Balaban J connectivity index is 2.20. The van der Waals surface area contributed by atoms with E-state index in [1.54, 1.807) is 24.3 Å². The van der Waals surface area contributed by atoms with Crippen LogP contribution in [0.15, 0.2) is 47.6 Å². The highest BCUT2D eigenvalue weighted by Crippen LogP contribution is 2.29. The molecule has 0 aliphatic heterocycles. The molecule has 0 saturated carbocycles. The maximum atomic E-state index is 12.0. The van der Waals surface area contributed by atoms with Crippen LogP contribution in [0.5, 0.6) is 5.75 Å². The summed E-state index contributed by atoms with van der Waals surface area (Å²) in [5, 5.41) is 24.6. The van der Waals surface area contributed by atoms with Crippen LogP contribution in [-0.4, -0.2) is 21.6 Å². The molecule has 0 spiro atoms. The molecule has 0 radical (unpaired) electrons. The number of aromatic hydroxyl groups is 1. The molecule has 0 aliphatic carbocycles. The molecule has 2 aromatic carbocycles. The van der Waals surface area contributed by atoms with Gasteiger partial charge in [-0.05, 0) is 32.0 Å². The lowest BCUT2D eigenvalue weighted by Crippen LogP contribution is -2.19. The molecule has 23 heavy (non-hydrogen) atoms. The number of hydrogen-bond acceptors (Lipinski definition) is 5. The SMILES string of the molecule is CC(=NNC(=O)c1ccc(C)cc1)c1cccc([N+](=O)[O-])c1O. The van der Waals surface area contributed by atoms with Gasteiger partial charge in [-0.15, -0.1) is 0 Å². The predicted octanol–water partition coefficient (Wildman–Crippen LogP) is 2.76. The number of benzene rings is 2. The van der Waals surface area contributed by atoms with Gasteiger partial charge in [0.25, 0.3) is 5.91 Å². The fourth-order valence-corrected chi connectivity index (χ4v) is 1.93. The molecular formula is C16H15N3O4. The minimum atomic E-state index is -0.684. The number of aryl methyl sites for hydroxylation is 1. The number of carbonyl (C=O) groups is 1. The molecule has 118 valence electrons. The van der Waals surface area contributed by atoms with Gasteiger partial charge < -0.3 is 5.11 Å². The third kappa shape index (κ3) is 3.70. The zero-order valence-corrected chi connectivity index (χ0v) is 12.6. The van der Waals surface area contributed by atoms with E-state index in [0.717, 1.165) is 5.56 Å². The van der Waals surface area contributed by atoms with Crippen molar-refractivity contribution in [1.29, 1.82) is 0 Å². The Morgan fingerprint density at radius 3 is 2.48 bits per heavy atom. The molecule has 1 amide bonds. The lowest BCUT2D eigenvalue weighted by molar-refractivity contribution is -0.385. The fraction of sp³-hybridized carbons (Fsp3) is 0.125. The van der Waals surface area contributed by atoms with Gasteiger partial charge in [0.1, 0.15) is 0 Å². The predicted molar refractivity (Wildman–Crippen MR) is 85.6 cm³/mol. The standard InChI is InChI=1S/C16H15N3O4/c1-10-6-8-12(9-7-10)16(21)18-17-11(2)13-4-3-5-14(15(13)20)19(22)23/h3-9,20H,1-2H3,(H,18,21). The molecule has 0 bridgehead atoms. The number of nitrogens with zero attached hydrogens (tertiary/aromatic N) is 2. The smallest absolute Gasteiger partial charge is 0.311 e. The monoisotopic (exact) mass is 313 g/mol. The number of nitro benzene ring substituents is 1. The third-order valence-corrected chi connectivity index (χ3v) is 3.24. The fourth-order valence-electron chi connectivity index (χ4n) is 1.93. The molecule has 2 aromatic rings. The molecular weight excluding hydrogens is 298 g/mol. The van der Waals surface area contributed by atoms with Crippen molar-refractivity contribution in [3.63, 3.8) is 0 Å². The Hall–Kier alpha value is -3.22. The molecule has 7 heteroatoms. The molecule has 0 atom stereocenters. The lowest BCUT2D eigenvalue weighted by atomic mass is 10.1. The second-order valence-corrected chi connectivity index (χ2v) is 4.93. The summed E-state index contributed by atoms with van der Waals surface area (Å²) in [4.78, 5) is 22.1. The number of carbonyl (C=O) groups excluding carboxylic acids is 1. The van der Waals surface area contributed by atoms with Gasteiger partial charge in [0.2, 0.25) is 5.75 Å². The Morgan fingerprint density at radius 1 is 1.22 bits per heavy atom. The molecule has 0 aromatic heterocycles. The zero-order chi connectivity index (χ0) is 17.0. The average molecular weight is 313 g/mol. The van der Waals surface area contributed by atoms with Gasteiger partial charge in [0, 0.05) is 17.2 Å². The summed E-state index contributed by atoms with van der Waals surface area (Å²) >= 11 is 0. The van der Waals surface area contributed by atoms with Crippen molar-refractivity contribution in [3.05, 3.63) is 69.3 Å². The van der Waals surface area contributed by atoms with Crippen LogP contribution >= 0.6 is 0 Å². The summed E-state index contributed by atoms with van der Waals surface area (Å²) in [6.07, 6.45) is 0. The van der Waals surface area contributed by atoms with Gasteiger partial charge in [-0.2, -0.15) is 5.10 Å². The van der Waals surface area contributed by atoms with Gasteiger partial charge in [-0.3, -0.25) is 14.9 Å². The van der Waals surface area contributed by atoms with Crippen molar-refractivity contribution in [2.24, 2.45) is 5.10 Å². The summed E-state index contributed by atoms with van der Waals surface area (Å²) in [6, 6.07) is 11.1. The summed E-state index contributed by atoms with van der Waals surface area (Å²) in [7, 11) is 0. The topological polar surface area (TPSA) is 105 Å². The Kier molecular flexibility index (Phi) is 4.70. The first kappa shape index (κ1) is 16.2. The molecule has 2 N–H and O–H groups in total. The zero-order valence-electron chi connectivity index (χ0n) is 12.6. The first-order valence-corrected chi connectivity index (χ1v) is 6.78. The van der Waals surface area contributed by atoms with Crippen molar-refractivity contribution in [1.82, 2.24) is 5.43 Å². The molecule has 2 rings (SSSR count). The summed E-state index contributed by atoms with van der Waals surface area (Å²) in [5.41, 5.74) is 3.86. The Bertz CT molecular complexity index is 782. The van der Waals surface area contributed by atoms with Crippen molar-refractivity contribution in [2.45, 2.75) is 13.8 Å². The molecule has 0 fully saturated rings. The maximum absolute atomic E-state index is 12.0. The van der Waals surface area contributed by atoms with Crippen molar-refractivity contribution < 1.29 is 14.8 Å². The first-order chi connectivity index (χ1) is 10.9. The number of hydrogen-bond donors (Lipinski definition) is 2. The average Bonchev–Trinajstić information content (AvgIpc) is 2.53. The van der Waals surface area contributed by atoms with Crippen LogP contribution < -0.4 is 5.43 Å². The van der Waals surface area contributed by atoms with E-state index in [2.05, 4.69) is 10.5 Å². The second kappa shape index (κ2) is 6.69. The Labute approximate surface area is 132 Å². The summed E-state index contributed by atoms with van der Waals surface area (Å²) < 4.78 is 0. The maximum Gasteiger partial charge on any atom is 0.311 e. The van der Waals surface area contributed by atoms with E-state index >= 15 is 0 Å². The third-order valence-electron chi connectivity index (χ3n) is 3.24. The van der Waals surface area contributed by atoms with E-state index in [1.165, 1.54) is 25.1 Å². The molecule has 0 saturated heterocycles. The molecule has 0 aliphatic rings. The van der Waals surface area contributed by atoms with Gasteiger partial charge in [0.05, 0.1) is 10.6 Å². The molecule has 0 unspecified atom stereocenters. The molecule has 0 heterocycles. The number of phenolic OH excluding ortho intramolecular Hbond substituents is 1. The van der Waals surface area contributed by atoms with Gasteiger partial charge in [0.15, 0.2) is 0 Å². The van der Waals surface area contributed by atoms with E-state index in [4.69, 9.17) is 0 Å². The number of nitrogens with one attached hydrogen (secondary N) is 1. The van der Waals surface area contributed by atoms with Crippen LogP contribution in [0.4, 0.5) is 5.69 Å². The normalized spacial score (nSPS) is 11.1. The van der Waals surface area contributed by atoms with E-state index in [0.29, 0.717) is 5.56 Å². The van der Waals surface area contributed by atoms with Crippen LogP contribution in [0.1, 0.15) is 28.4 Å². The number of para-hydroxylation sites is 1. The van der Waals surface area contributed by atoms with Crippen LogP contribution in [0.25, 0.3) is 0 Å². The minimum Gasteiger partial charge on any atom is -0.502 e. The minimum absolute atomic E-state index is 0.184. The van der Waals surface area contributed by atoms with Crippen LogP contribution in [0.3, 0.4) is 0 Å². The lowest BCUT2D eigenvalue weighted by Gasteiger charge is -2.05. The van der Waals surface area contributed by atoms with E-state index in [-0.39, 0.29) is 11.3 Å². The summed E-state index contributed by atoms with van der Waals surface area (Å²) in [6.45, 7) is 3.45. The Morgan fingerprint density at radius 2 is 1.87 bits per heavy atom. The van der Waals surface area contributed by atoms with E-state index in [9.17, 15) is 20.0 Å². The highest BCUT2D eigenvalue weighted by atomic mass is 16.6. The van der Waals surface area contributed by atoms with Crippen LogP contribution in [-0.2, 0) is 0 Å². The van der Waals surface area contributed by atoms with Gasteiger partial charge in [-0.25, -0.2) is 5.43 Å². The van der Waals surface area contributed by atoms with E-state index in [1.807, 2.05) is 6.92 Å². The molecule has 7 nitrogen and oxygen atoms in total. The number of hydrazone groups is 1. The van der Waals surface area contributed by atoms with E-state index < -0.39 is 22.3 Å². The highest BCUT2D eigenvalue weighted by Gasteiger charge is 2.18. The number of nitro groups is 1. The second-order valence-electron chi connectivity index (χ2n) is 4.93. The first-order valence-electron chi connectivity index (χ1n) is 6.78. The number of amides is 1. The van der Waals surface area contributed by atoms with Gasteiger partial charge in [-0.1, -0.05) is 23.8 Å².